The average Bonchev–Trinajstić information content (AvgIpc) is 2.13. The molecule has 1 amide bonds. The highest BCUT2D eigenvalue weighted by Gasteiger charge is 2.35. The predicted octanol–water partition coefficient (Wildman–Crippen LogP) is 1.40. The highest BCUT2D eigenvalue weighted by Crippen LogP contribution is 2.29. The Balaban J connectivity index is 0.00000112. The Morgan fingerprint density at radius 3 is 2.27 bits per heavy atom. The number of nitrogens with zero attached hydrogens (tertiary/aromatic N) is 1. The van der Waals surface area contributed by atoms with Crippen LogP contribution in [0.2, 0.25) is 0 Å². The van der Waals surface area contributed by atoms with Gasteiger partial charge in [0, 0.05) is 25.0 Å². The first kappa shape index (κ1) is 12.8. The van der Waals surface area contributed by atoms with Crippen LogP contribution in [0.4, 0.5) is 0 Å². The molecule has 4 heteroatoms. The van der Waals surface area contributed by atoms with Crippen LogP contribution >= 0.6 is 12.4 Å². The molecule has 1 aliphatic heterocycles. The van der Waals surface area contributed by atoms with Crippen LogP contribution in [-0.4, -0.2) is 29.9 Å². The zero-order valence-corrected chi connectivity index (χ0v) is 10.1. The largest absolute Gasteiger partial charge is 0.342 e. The van der Waals surface area contributed by atoms with Crippen LogP contribution in [0.5, 0.6) is 0 Å². The molecule has 88 valence electrons. The number of piperidine rings is 1. The van der Waals surface area contributed by atoms with Gasteiger partial charge in [0.25, 0.3) is 0 Å². The molecule has 1 aliphatic carbocycles. The fourth-order valence-electron chi connectivity index (χ4n) is 2.35. The molecular formula is C11H21ClN2O. The van der Waals surface area contributed by atoms with Crippen LogP contribution in [0, 0.1) is 11.8 Å². The molecule has 0 bridgehead atoms. The SMILES string of the molecule is CC1CCN(C(=O)C2CC(N)C2)CC1.Cl. The van der Waals surface area contributed by atoms with Gasteiger partial charge in [0.15, 0.2) is 0 Å². The second kappa shape index (κ2) is 5.17. The number of carbonyl (C=O) groups is 1. The minimum absolute atomic E-state index is 0. The van der Waals surface area contributed by atoms with Gasteiger partial charge in [0.2, 0.25) is 5.91 Å². The van der Waals surface area contributed by atoms with E-state index in [9.17, 15) is 4.79 Å². The van der Waals surface area contributed by atoms with Crippen molar-refractivity contribution in [1.82, 2.24) is 4.90 Å². The summed E-state index contributed by atoms with van der Waals surface area (Å²) in [6.45, 7) is 4.19. The maximum Gasteiger partial charge on any atom is 0.225 e. The second-order valence-electron chi connectivity index (χ2n) is 4.94. The lowest BCUT2D eigenvalue weighted by Crippen LogP contribution is -2.48. The molecule has 2 fully saturated rings. The second-order valence-corrected chi connectivity index (χ2v) is 4.94. The quantitative estimate of drug-likeness (QED) is 0.743. The van der Waals surface area contributed by atoms with Gasteiger partial charge in [-0.1, -0.05) is 6.92 Å². The minimum Gasteiger partial charge on any atom is -0.342 e. The fraction of sp³-hybridized carbons (Fsp3) is 0.909. The summed E-state index contributed by atoms with van der Waals surface area (Å²) in [6, 6.07) is 0.285. The average molecular weight is 233 g/mol. The predicted molar refractivity (Wildman–Crippen MR) is 62.9 cm³/mol. The molecule has 15 heavy (non-hydrogen) atoms. The lowest BCUT2D eigenvalue weighted by atomic mass is 9.79. The molecule has 1 saturated carbocycles. The third kappa shape index (κ3) is 2.85. The van der Waals surface area contributed by atoms with E-state index in [4.69, 9.17) is 5.73 Å². The van der Waals surface area contributed by atoms with Crippen LogP contribution in [0.25, 0.3) is 0 Å². The molecule has 2 N–H and O–H groups in total. The van der Waals surface area contributed by atoms with Crippen molar-refractivity contribution in [2.75, 3.05) is 13.1 Å². The Hall–Kier alpha value is -0.280. The monoisotopic (exact) mass is 232 g/mol. The topological polar surface area (TPSA) is 46.3 Å². The van der Waals surface area contributed by atoms with Crippen LogP contribution in [-0.2, 0) is 4.79 Å². The van der Waals surface area contributed by atoms with Gasteiger partial charge in [0.1, 0.15) is 0 Å². The number of halogens is 1. The first-order valence-corrected chi connectivity index (χ1v) is 5.71. The molecule has 2 aliphatic rings. The van der Waals surface area contributed by atoms with Gasteiger partial charge >= 0.3 is 0 Å². The van der Waals surface area contributed by atoms with E-state index in [2.05, 4.69) is 6.92 Å². The summed E-state index contributed by atoms with van der Waals surface area (Å²) in [6.07, 6.45) is 4.16. The molecule has 0 aromatic rings. The van der Waals surface area contributed by atoms with Crippen molar-refractivity contribution in [3.8, 4) is 0 Å². The smallest absolute Gasteiger partial charge is 0.225 e. The van der Waals surface area contributed by atoms with E-state index in [0.717, 1.165) is 31.8 Å². The Morgan fingerprint density at radius 2 is 1.80 bits per heavy atom. The molecule has 0 spiro atoms. The van der Waals surface area contributed by atoms with Crippen molar-refractivity contribution >= 4 is 18.3 Å². The lowest BCUT2D eigenvalue weighted by molar-refractivity contribution is -0.140. The summed E-state index contributed by atoms with van der Waals surface area (Å²) < 4.78 is 0. The first-order valence-electron chi connectivity index (χ1n) is 5.71. The van der Waals surface area contributed by atoms with Crippen LogP contribution < -0.4 is 5.73 Å². The van der Waals surface area contributed by atoms with Gasteiger partial charge in [-0.15, -0.1) is 12.4 Å². The van der Waals surface area contributed by atoms with Crippen molar-refractivity contribution in [2.45, 2.75) is 38.6 Å². The Morgan fingerprint density at radius 1 is 1.27 bits per heavy atom. The van der Waals surface area contributed by atoms with Crippen molar-refractivity contribution in [3.05, 3.63) is 0 Å². The molecule has 0 unspecified atom stereocenters. The third-order valence-electron chi connectivity index (χ3n) is 3.62. The molecule has 0 aromatic carbocycles. The molecule has 0 aromatic heterocycles. The summed E-state index contributed by atoms with van der Waals surface area (Å²) in [7, 11) is 0. The zero-order chi connectivity index (χ0) is 10.1. The van der Waals surface area contributed by atoms with E-state index in [-0.39, 0.29) is 24.4 Å². The van der Waals surface area contributed by atoms with Gasteiger partial charge < -0.3 is 10.6 Å². The molecular weight excluding hydrogens is 212 g/mol. The minimum atomic E-state index is 0. The molecule has 0 radical (unpaired) electrons. The van der Waals surface area contributed by atoms with E-state index >= 15 is 0 Å². The van der Waals surface area contributed by atoms with Crippen molar-refractivity contribution in [2.24, 2.45) is 17.6 Å². The van der Waals surface area contributed by atoms with E-state index in [1.165, 1.54) is 12.8 Å². The van der Waals surface area contributed by atoms with Crippen LogP contribution in [0.15, 0.2) is 0 Å². The summed E-state index contributed by atoms with van der Waals surface area (Å²) in [5.74, 6) is 1.40. The van der Waals surface area contributed by atoms with E-state index < -0.39 is 0 Å². The molecule has 3 nitrogen and oxygen atoms in total. The van der Waals surface area contributed by atoms with Crippen LogP contribution in [0.3, 0.4) is 0 Å². The molecule has 2 rings (SSSR count). The number of amides is 1. The van der Waals surface area contributed by atoms with Gasteiger partial charge in [0.05, 0.1) is 0 Å². The van der Waals surface area contributed by atoms with Crippen LogP contribution in [0.1, 0.15) is 32.6 Å². The highest BCUT2D eigenvalue weighted by atomic mass is 35.5. The summed E-state index contributed by atoms with van der Waals surface area (Å²) >= 11 is 0. The Bertz CT molecular complexity index is 221. The molecule has 1 heterocycles. The van der Waals surface area contributed by atoms with Gasteiger partial charge in [-0.2, -0.15) is 0 Å². The first-order chi connectivity index (χ1) is 6.66. The number of carbonyl (C=O) groups excluding carboxylic acids is 1. The zero-order valence-electron chi connectivity index (χ0n) is 9.32. The number of likely N-dealkylation sites (tertiary alicyclic amines) is 1. The number of rotatable bonds is 1. The van der Waals surface area contributed by atoms with Gasteiger partial charge in [-0.25, -0.2) is 0 Å². The van der Waals surface area contributed by atoms with Gasteiger partial charge in [-0.3, -0.25) is 4.79 Å². The maximum atomic E-state index is 11.9. The summed E-state index contributed by atoms with van der Waals surface area (Å²) in [4.78, 5) is 13.9. The molecule has 1 saturated heterocycles. The number of hydrogen-bond donors (Lipinski definition) is 1. The Kier molecular flexibility index (Phi) is 4.41. The maximum absolute atomic E-state index is 11.9. The lowest BCUT2D eigenvalue weighted by Gasteiger charge is -2.38. The normalized spacial score (nSPS) is 31.7. The summed E-state index contributed by atoms with van der Waals surface area (Å²) in [5.41, 5.74) is 5.69. The fourth-order valence-corrected chi connectivity index (χ4v) is 2.35. The van der Waals surface area contributed by atoms with Crippen molar-refractivity contribution < 1.29 is 4.79 Å². The van der Waals surface area contributed by atoms with E-state index in [1.807, 2.05) is 4.90 Å². The van der Waals surface area contributed by atoms with E-state index in [1.54, 1.807) is 0 Å². The number of hydrogen-bond acceptors (Lipinski definition) is 2. The van der Waals surface area contributed by atoms with E-state index in [0.29, 0.717) is 5.91 Å². The standard InChI is InChI=1S/C11H20N2O.ClH/c1-8-2-4-13(5-3-8)11(14)9-6-10(12)7-9;/h8-10H,2-7,12H2,1H3;1H. The summed E-state index contributed by atoms with van der Waals surface area (Å²) in [5, 5.41) is 0. The van der Waals surface area contributed by atoms with Crippen molar-refractivity contribution in [3.63, 3.8) is 0 Å². The number of nitrogens with two attached hydrogens (primary N) is 1. The Labute approximate surface area is 97.8 Å². The third-order valence-corrected chi connectivity index (χ3v) is 3.62. The highest BCUT2D eigenvalue weighted by molar-refractivity contribution is 5.85. The van der Waals surface area contributed by atoms with Crippen molar-refractivity contribution in [1.29, 1.82) is 0 Å². The van der Waals surface area contributed by atoms with Gasteiger partial charge in [-0.05, 0) is 31.6 Å². The molecule has 0 atom stereocenters.